The molecular weight excluding hydrogens is 333 g/mol. The fourth-order valence-corrected chi connectivity index (χ4v) is 2.68. The molecule has 1 aromatic rings. The Morgan fingerprint density at radius 3 is 2.57 bits per heavy atom. The van der Waals surface area contributed by atoms with Gasteiger partial charge >= 0.3 is 0 Å². The number of nitrogens with one attached hydrogen (secondary N) is 1. The number of carbonyl (C=O) groups excluding carboxylic acids is 1. The number of hydrogen-bond acceptors (Lipinski definition) is 3. The summed E-state index contributed by atoms with van der Waals surface area (Å²) in [6.07, 6.45) is 3.87. The van der Waals surface area contributed by atoms with Gasteiger partial charge in [-0.3, -0.25) is 9.69 Å². The maximum absolute atomic E-state index is 11.7. The first-order valence-corrected chi connectivity index (χ1v) is 7.96. The van der Waals surface area contributed by atoms with E-state index < -0.39 is 0 Å². The summed E-state index contributed by atoms with van der Waals surface area (Å²) in [6.45, 7) is 5.96. The Labute approximate surface area is 152 Å². The van der Waals surface area contributed by atoms with Crippen LogP contribution in [-0.2, 0) is 17.9 Å². The molecule has 1 fully saturated rings. The lowest BCUT2D eigenvalue weighted by Crippen LogP contribution is -2.25. The molecule has 4 nitrogen and oxygen atoms in total. The zero-order valence-electron chi connectivity index (χ0n) is 13.8. The van der Waals surface area contributed by atoms with Crippen LogP contribution in [0.1, 0.15) is 43.7 Å². The van der Waals surface area contributed by atoms with E-state index in [2.05, 4.69) is 34.5 Å². The maximum atomic E-state index is 11.7. The van der Waals surface area contributed by atoms with Crippen molar-refractivity contribution in [2.75, 3.05) is 13.1 Å². The Bertz CT molecular complexity index is 463. The summed E-state index contributed by atoms with van der Waals surface area (Å²) >= 11 is 0. The normalized spacial score (nSPS) is 15.4. The van der Waals surface area contributed by atoms with E-state index in [-0.39, 0.29) is 36.8 Å². The van der Waals surface area contributed by atoms with Crippen molar-refractivity contribution in [3.05, 3.63) is 35.4 Å². The number of amides is 1. The molecule has 1 aromatic carbocycles. The third kappa shape index (κ3) is 8.56. The van der Waals surface area contributed by atoms with Crippen molar-refractivity contribution in [1.29, 1.82) is 0 Å². The lowest BCUT2D eigenvalue weighted by Gasteiger charge is -2.15. The van der Waals surface area contributed by atoms with Gasteiger partial charge in [0.15, 0.2) is 0 Å². The van der Waals surface area contributed by atoms with E-state index in [1.54, 1.807) is 0 Å². The molecule has 1 aliphatic heterocycles. The molecule has 0 bridgehead atoms. The summed E-state index contributed by atoms with van der Waals surface area (Å²) in [5.41, 5.74) is 8.16. The minimum Gasteiger partial charge on any atom is -0.352 e. The fraction of sp³-hybridized carbons (Fsp3) is 0.588. The molecule has 2 rings (SSSR count). The van der Waals surface area contributed by atoms with Crippen LogP contribution >= 0.6 is 24.8 Å². The van der Waals surface area contributed by atoms with Crippen LogP contribution in [0.4, 0.5) is 0 Å². The van der Waals surface area contributed by atoms with E-state index in [1.807, 2.05) is 6.92 Å². The van der Waals surface area contributed by atoms with Gasteiger partial charge in [-0.1, -0.05) is 24.3 Å². The minimum absolute atomic E-state index is 0. The summed E-state index contributed by atoms with van der Waals surface area (Å²) in [7, 11) is 0. The number of halogens is 2. The van der Waals surface area contributed by atoms with Gasteiger partial charge in [0, 0.05) is 25.6 Å². The van der Waals surface area contributed by atoms with E-state index in [0.717, 1.165) is 13.0 Å². The topological polar surface area (TPSA) is 58.4 Å². The average molecular weight is 362 g/mol. The molecule has 1 aliphatic rings. The van der Waals surface area contributed by atoms with Crippen molar-refractivity contribution in [2.24, 2.45) is 5.73 Å². The number of likely N-dealkylation sites (tertiary alicyclic amines) is 1. The van der Waals surface area contributed by atoms with Gasteiger partial charge in [0.05, 0.1) is 0 Å². The summed E-state index contributed by atoms with van der Waals surface area (Å²) in [6, 6.07) is 8.59. The zero-order chi connectivity index (χ0) is 15.1. The Kier molecular flexibility index (Phi) is 11.3. The molecule has 1 amide bonds. The molecule has 0 spiro atoms. The monoisotopic (exact) mass is 361 g/mol. The fourth-order valence-electron chi connectivity index (χ4n) is 2.68. The number of carbonyl (C=O) groups is 1. The highest BCUT2D eigenvalue weighted by molar-refractivity contribution is 5.85. The summed E-state index contributed by atoms with van der Waals surface area (Å²) in [4.78, 5) is 14.2. The highest BCUT2D eigenvalue weighted by atomic mass is 35.5. The van der Waals surface area contributed by atoms with Gasteiger partial charge in [-0.15, -0.1) is 24.8 Å². The van der Waals surface area contributed by atoms with Gasteiger partial charge in [0.2, 0.25) is 5.91 Å². The van der Waals surface area contributed by atoms with Crippen molar-refractivity contribution in [3.63, 3.8) is 0 Å². The minimum atomic E-state index is 0. The highest BCUT2D eigenvalue weighted by Crippen LogP contribution is 2.13. The first-order chi connectivity index (χ1) is 10.1. The van der Waals surface area contributed by atoms with E-state index in [0.29, 0.717) is 13.0 Å². The molecule has 1 unspecified atom stereocenters. The average Bonchev–Trinajstić information content (AvgIpc) is 2.96. The number of hydrogen-bond donors (Lipinski definition) is 2. The third-order valence-corrected chi connectivity index (χ3v) is 3.91. The predicted molar refractivity (Wildman–Crippen MR) is 100 cm³/mol. The van der Waals surface area contributed by atoms with Gasteiger partial charge < -0.3 is 11.1 Å². The van der Waals surface area contributed by atoms with Gasteiger partial charge in [-0.2, -0.15) is 0 Å². The number of nitrogens with two attached hydrogens (primary N) is 1. The van der Waals surface area contributed by atoms with Crippen molar-refractivity contribution >= 4 is 30.7 Å². The first-order valence-electron chi connectivity index (χ1n) is 7.96. The summed E-state index contributed by atoms with van der Waals surface area (Å²) < 4.78 is 0. The molecule has 0 saturated carbocycles. The molecule has 23 heavy (non-hydrogen) atoms. The van der Waals surface area contributed by atoms with Crippen molar-refractivity contribution in [2.45, 2.75) is 51.7 Å². The molecule has 1 saturated heterocycles. The summed E-state index contributed by atoms with van der Waals surface area (Å²) in [5.74, 6) is 0.0808. The number of rotatable bonds is 7. The summed E-state index contributed by atoms with van der Waals surface area (Å²) in [5, 5.41) is 2.97. The SMILES string of the molecule is CC(N)CCC(=O)NCc1cccc(CN2CCCC2)c1.Cl.Cl. The quantitative estimate of drug-likeness (QED) is 0.784. The standard InChI is InChI=1S/C17H27N3O.2ClH/c1-14(18)7-8-17(21)19-12-15-5-4-6-16(11-15)13-20-9-2-3-10-20;;/h4-6,11,14H,2-3,7-10,12-13,18H2,1H3,(H,19,21);2*1H. The first kappa shape index (κ1) is 22.2. The van der Waals surface area contributed by atoms with Gasteiger partial charge in [0.1, 0.15) is 0 Å². The van der Waals surface area contributed by atoms with Gasteiger partial charge in [-0.25, -0.2) is 0 Å². The van der Waals surface area contributed by atoms with Crippen LogP contribution < -0.4 is 11.1 Å². The van der Waals surface area contributed by atoms with E-state index in [9.17, 15) is 4.79 Å². The Morgan fingerprint density at radius 2 is 1.91 bits per heavy atom. The lowest BCUT2D eigenvalue weighted by molar-refractivity contribution is -0.121. The maximum Gasteiger partial charge on any atom is 0.220 e. The van der Waals surface area contributed by atoms with Gasteiger partial charge in [-0.05, 0) is 50.4 Å². The second-order valence-electron chi connectivity index (χ2n) is 6.10. The van der Waals surface area contributed by atoms with Gasteiger partial charge in [0.25, 0.3) is 0 Å². The Hall–Kier alpha value is -0.810. The van der Waals surface area contributed by atoms with E-state index in [1.165, 1.54) is 37.1 Å². The molecule has 3 N–H and O–H groups in total. The van der Waals surface area contributed by atoms with Crippen LogP contribution in [0.15, 0.2) is 24.3 Å². The van der Waals surface area contributed by atoms with Crippen LogP contribution in [0.3, 0.4) is 0 Å². The van der Waals surface area contributed by atoms with E-state index in [4.69, 9.17) is 5.73 Å². The van der Waals surface area contributed by atoms with Crippen LogP contribution in [0.5, 0.6) is 0 Å². The van der Waals surface area contributed by atoms with Crippen LogP contribution in [-0.4, -0.2) is 29.9 Å². The molecule has 132 valence electrons. The van der Waals surface area contributed by atoms with Crippen molar-refractivity contribution < 1.29 is 4.79 Å². The highest BCUT2D eigenvalue weighted by Gasteiger charge is 2.11. The van der Waals surface area contributed by atoms with Crippen molar-refractivity contribution in [3.8, 4) is 0 Å². The Morgan fingerprint density at radius 1 is 1.26 bits per heavy atom. The van der Waals surface area contributed by atoms with Crippen LogP contribution in [0.2, 0.25) is 0 Å². The largest absolute Gasteiger partial charge is 0.352 e. The molecule has 0 aliphatic carbocycles. The third-order valence-electron chi connectivity index (χ3n) is 3.91. The second-order valence-corrected chi connectivity index (χ2v) is 6.10. The molecule has 1 atom stereocenters. The molecular formula is C17H29Cl2N3O. The van der Waals surface area contributed by atoms with E-state index >= 15 is 0 Å². The van der Waals surface area contributed by atoms with Crippen LogP contribution in [0.25, 0.3) is 0 Å². The zero-order valence-corrected chi connectivity index (χ0v) is 15.4. The van der Waals surface area contributed by atoms with Crippen molar-refractivity contribution in [1.82, 2.24) is 10.2 Å². The molecule has 1 heterocycles. The molecule has 0 radical (unpaired) electrons. The number of nitrogens with zero attached hydrogens (tertiary/aromatic N) is 1. The number of benzene rings is 1. The van der Waals surface area contributed by atoms with Crippen LogP contribution in [0, 0.1) is 0 Å². The predicted octanol–water partition coefficient (Wildman–Crippen LogP) is 2.87. The lowest BCUT2D eigenvalue weighted by atomic mass is 10.1. The molecule has 0 aromatic heterocycles. The smallest absolute Gasteiger partial charge is 0.220 e. The molecule has 6 heteroatoms. The Balaban J connectivity index is 0.00000242. The second kappa shape index (κ2) is 11.7.